The number of rotatable bonds is 5. The topological polar surface area (TPSA) is 71.5 Å². The maximum atomic E-state index is 12.5. The van der Waals surface area contributed by atoms with Crippen LogP contribution in [-0.2, 0) is 10.0 Å². The quantitative estimate of drug-likeness (QED) is 0.873. The summed E-state index contributed by atoms with van der Waals surface area (Å²) in [4.78, 5) is 4.19. The number of nitrogens with one attached hydrogen (secondary N) is 1. The van der Waals surface area contributed by atoms with Crippen molar-refractivity contribution in [2.24, 2.45) is 5.92 Å². The van der Waals surface area contributed by atoms with Crippen molar-refractivity contribution in [3.8, 4) is 5.88 Å². The second-order valence-electron chi connectivity index (χ2n) is 4.94. The number of methoxy groups -OCH3 is 1. The summed E-state index contributed by atoms with van der Waals surface area (Å²) >= 11 is 0. The van der Waals surface area contributed by atoms with Gasteiger partial charge in [-0.15, -0.1) is 12.4 Å². The van der Waals surface area contributed by atoms with Crippen molar-refractivity contribution in [2.75, 3.05) is 33.8 Å². The Bertz CT molecular complexity index is 528. The molecule has 0 aromatic carbocycles. The third-order valence-electron chi connectivity index (χ3n) is 3.62. The molecule has 0 bridgehead atoms. The summed E-state index contributed by atoms with van der Waals surface area (Å²) in [6.07, 6.45) is 3.14. The molecule has 1 aromatic rings. The van der Waals surface area contributed by atoms with Gasteiger partial charge in [0, 0.05) is 19.2 Å². The zero-order valence-electron chi connectivity index (χ0n) is 12.3. The summed E-state index contributed by atoms with van der Waals surface area (Å²) in [6.45, 7) is 2.08. The first-order chi connectivity index (χ1) is 9.57. The lowest BCUT2D eigenvalue weighted by Crippen LogP contribution is -2.40. The lowest BCUT2D eigenvalue weighted by molar-refractivity contribution is 0.270. The average molecular weight is 336 g/mol. The molecule has 1 saturated heterocycles. The minimum Gasteiger partial charge on any atom is -0.481 e. The average Bonchev–Trinajstić information content (AvgIpc) is 2.48. The molecule has 0 atom stereocenters. The highest BCUT2D eigenvalue weighted by atomic mass is 35.5. The molecule has 0 radical (unpaired) electrons. The standard InChI is InChI=1S/C13H21N3O3S.ClH/c1-14-9-11-5-7-16(8-6-11)20(17,18)12-3-4-13(19-2)15-10-12;/h3-4,10-11,14H,5-9H2,1-2H3;1H. The fourth-order valence-corrected chi connectivity index (χ4v) is 3.85. The van der Waals surface area contributed by atoms with Gasteiger partial charge in [-0.3, -0.25) is 0 Å². The summed E-state index contributed by atoms with van der Waals surface area (Å²) < 4.78 is 31.4. The monoisotopic (exact) mass is 335 g/mol. The third kappa shape index (κ3) is 4.29. The van der Waals surface area contributed by atoms with E-state index in [-0.39, 0.29) is 17.3 Å². The number of hydrogen-bond acceptors (Lipinski definition) is 5. The number of halogens is 1. The van der Waals surface area contributed by atoms with Crippen LogP contribution in [0.4, 0.5) is 0 Å². The smallest absolute Gasteiger partial charge is 0.244 e. The van der Waals surface area contributed by atoms with Crippen molar-refractivity contribution in [1.29, 1.82) is 0 Å². The maximum Gasteiger partial charge on any atom is 0.244 e. The van der Waals surface area contributed by atoms with Crippen molar-refractivity contribution in [3.05, 3.63) is 18.3 Å². The summed E-state index contributed by atoms with van der Waals surface area (Å²) in [5.74, 6) is 0.970. The van der Waals surface area contributed by atoms with Gasteiger partial charge in [-0.25, -0.2) is 13.4 Å². The van der Waals surface area contributed by atoms with Gasteiger partial charge in [-0.05, 0) is 38.4 Å². The van der Waals surface area contributed by atoms with Gasteiger partial charge in [0.05, 0.1) is 13.3 Å². The molecular weight excluding hydrogens is 314 g/mol. The first-order valence-corrected chi connectivity index (χ1v) is 8.16. The van der Waals surface area contributed by atoms with Crippen LogP contribution in [0.1, 0.15) is 12.8 Å². The molecule has 21 heavy (non-hydrogen) atoms. The van der Waals surface area contributed by atoms with Gasteiger partial charge in [-0.1, -0.05) is 0 Å². The van der Waals surface area contributed by atoms with Gasteiger partial charge in [0.2, 0.25) is 15.9 Å². The molecule has 0 amide bonds. The van der Waals surface area contributed by atoms with E-state index in [2.05, 4.69) is 10.3 Å². The number of hydrogen-bond donors (Lipinski definition) is 1. The lowest BCUT2D eigenvalue weighted by Gasteiger charge is -2.31. The molecule has 2 heterocycles. The lowest BCUT2D eigenvalue weighted by atomic mass is 9.98. The Kier molecular flexibility index (Phi) is 6.86. The number of pyridine rings is 1. The van der Waals surface area contributed by atoms with Crippen molar-refractivity contribution < 1.29 is 13.2 Å². The van der Waals surface area contributed by atoms with Gasteiger partial charge in [0.15, 0.2) is 0 Å². The fraction of sp³-hybridized carbons (Fsp3) is 0.615. The Morgan fingerprint density at radius 1 is 1.38 bits per heavy atom. The first kappa shape index (κ1) is 18.2. The molecule has 1 aliphatic rings. The fourth-order valence-electron chi connectivity index (χ4n) is 2.43. The Hall–Kier alpha value is -0.890. The van der Waals surface area contributed by atoms with Crippen molar-refractivity contribution in [1.82, 2.24) is 14.6 Å². The van der Waals surface area contributed by atoms with Crippen LogP contribution in [0.25, 0.3) is 0 Å². The van der Waals surface area contributed by atoms with Crippen LogP contribution in [0.15, 0.2) is 23.2 Å². The van der Waals surface area contributed by atoms with Gasteiger partial charge < -0.3 is 10.1 Å². The van der Waals surface area contributed by atoms with E-state index in [1.807, 2.05) is 7.05 Å². The molecule has 1 N–H and O–H groups in total. The molecule has 2 rings (SSSR count). The molecule has 1 fully saturated rings. The summed E-state index contributed by atoms with van der Waals surface area (Å²) in [7, 11) is -0.00473. The largest absolute Gasteiger partial charge is 0.481 e. The first-order valence-electron chi connectivity index (χ1n) is 6.72. The van der Waals surface area contributed by atoms with E-state index in [0.717, 1.165) is 19.4 Å². The molecule has 0 spiro atoms. The highest BCUT2D eigenvalue weighted by Crippen LogP contribution is 2.23. The van der Waals surface area contributed by atoms with Gasteiger partial charge in [-0.2, -0.15) is 4.31 Å². The van der Waals surface area contributed by atoms with Crippen LogP contribution in [0.5, 0.6) is 5.88 Å². The van der Waals surface area contributed by atoms with Gasteiger partial charge >= 0.3 is 0 Å². The Labute approximate surface area is 132 Å². The number of piperidine rings is 1. The van der Waals surface area contributed by atoms with E-state index >= 15 is 0 Å². The van der Waals surface area contributed by atoms with Crippen LogP contribution in [0.3, 0.4) is 0 Å². The van der Waals surface area contributed by atoms with E-state index in [9.17, 15) is 8.42 Å². The highest BCUT2D eigenvalue weighted by Gasteiger charge is 2.29. The number of sulfonamides is 1. The van der Waals surface area contributed by atoms with Crippen molar-refractivity contribution in [2.45, 2.75) is 17.7 Å². The van der Waals surface area contributed by atoms with Crippen LogP contribution in [-0.4, -0.2) is 51.5 Å². The Morgan fingerprint density at radius 2 is 2.05 bits per heavy atom. The number of aromatic nitrogens is 1. The zero-order valence-corrected chi connectivity index (χ0v) is 13.9. The minimum atomic E-state index is -3.43. The van der Waals surface area contributed by atoms with Crippen molar-refractivity contribution >= 4 is 22.4 Å². The second-order valence-corrected chi connectivity index (χ2v) is 6.88. The molecule has 120 valence electrons. The highest BCUT2D eigenvalue weighted by molar-refractivity contribution is 7.89. The molecule has 1 aromatic heterocycles. The van der Waals surface area contributed by atoms with Crippen LogP contribution in [0.2, 0.25) is 0 Å². The molecular formula is C13H22ClN3O3S. The van der Waals surface area contributed by atoms with Crippen LogP contribution >= 0.6 is 12.4 Å². The Balaban J connectivity index is 0.00000220. The molecule has 0 saturated carbocycles. The third-order valence-corrected chi connectivity index (χ3v) is 5.50. The van der Waals surface area contributed by atoms with E-state index in [0.29, 0.717) is 24.9 Å². The minimum absolute atomic E-state index is 0. The normalized spacial score (nSPS) is 17.2. The second kappa shape index (κ2) is 7.93. The molecule has 8 heteroatoms. The summed E-state index contributed by atoms with van der Waals surface area (Å²) in [5, 5.41) is 3.14. The van der Waals surface area contributed by atoms with E-state index in [1.165, 1.54) is 13.3 Å². The van der Waals surface area contributed by atoms with E-state index in [4.69, 9.17) is 4.74 Å². The molecule has 0 aliphatic carbocycles. The predicted molar refractivity (Wildman–Crippen MR) is 83.4 cm³/mol. The van der Waals surface area contributed by atoms with E-state index < -0.39 is 10.0 Å². The molecule has 6 nitrogen and oxygen atoms in total. The summed E-state index contributed by atoms with van der Waals surface area (Å²) in [6, 6.07) is 3.11. The molecule has 1 aliphatic heterocycles. The van der Waals surface area contributed by atoms with Gasteiger partial charge in [0.25, 0.3) is 0 Å². The van der Waals surface area contributed by atoms with E-state index in [1.54, 1.807) is 16.4 Å². The summed E-state index contributed by atoms with van der Waals surface area (Å²) in [5.41, 5.74) is 0. The van der Waals surface area contributed by atoms with Crippen LogP contribution < -0.4 is 10.1 Å². The zero-order chi connectivity index (χ0) is 14.6. The van der Waals surface area contributed by atoms with Crippen molar-refractivity contribution in [3.63, 3.8) is 0 Å². The molecule has 0 unspecified atom stereocenters. The van der Waals surface area contributed by atoms with Gasteiger partial charge in [0.1, 0.15) is 4.90 Å². The Morgan fingerprint density at radius 3 is 2.52 bits per heavy atom. The SMILES string of the molecule is CNCC1CCN(S(=O)(=O)c2ccc(OC)nc2)CC1.Cl. The number of ether oxygens (including phenoxy) is 1. The predicted octanol–water partition coefficient (Wildman–Crippen LogP) is 1.13. The van der Waals surface area contributed by atoms with Crippen LogP contribution in [0, 0.1) is 5.92 Å². The number of nitrogens with zero attached hydrogens (tertiary/aromatic N) is 2. The maximum absolute atomic E-state index is 12.5.